The summed E-state index contributed by atoms with van der Waals surface area (Å²) < 4.78 is 5.01. The number of H-pyrrole nitrogens is 1. The molecule has 1 heterocycles. The molecule has 0 aliphatic carbocycles. The number of aromatic nitrogens is 2. The van der Waals surface area contributed by atoms with Crippen LogP contribution in [0.4, 0.5) is 5.82 Å². The van der Waals surface area contributed by atoms with Crippen LogP contribution in [0.15, 0.2) is 11.1 Å². The van der Waals surface area contributed by atoms with E-state index in [2.05, 4.69) is 9.97 Å². The van der Waals surface area contributed by atoms with Crippen LogP contribution in [-0.2, 0) is 0 Å². The molecular formula is C9H15N3O2. The predicted octanol–water partition coefficient (Wildman–Crippen LogP) is 0.625. The molecule has 1 aromatic heterocycles. The topological polar surface area (TPSA) is 58.2 Å². The van der Waals surface area contributed by atoms with Crippen LogP contribution in [0.25, 0.3) is 0 Å². The van der Waals surface area contributed by atoms with E-state index in [4.69, 9.17) is 4.74 Å². The molecule has 0 bridgehead atoms. The van der Waals surface area contributed by atoms with Gasteiger partial charge in [-0.25, -0.2) is 4.98 Å². The molecule has 0 fully saturated rings. The second-order valence-corrected chi connectivity index (χ2v) is 2.76. The first-order chi connectivity index (χ1) is 6.74. The Balaban J connectivity index is 3.18. The van der Waals surface area contributed by atoms with E-state index in [1.54, 1.807) is 0 Å². The van der Waals surface area contributed by atoms with Crippen LogP contribution >= 0.6 is 0 Å². The summed E-state index contributed by atoms with van der Waals surface area (Å²) in [6.07, 6.45) is 1.39. The molecule has 0 unspecified atom stereocenters. The van der Waals surface area contributed by atoms with Crippen LogP contribution < -0.4 is 15.2 Å². The van der Waals surface area contributed by atoms with E-state index < -0.39 is 0 Å². The van der Waals surface area contributed by atoms with Crippen molar-refractivity contribution in [2.24, 2.45) is 0 Å². The van der Waals surface area contributed by atoms with Gasteiger partial charge < -0.3 is 14.6 Å². The molecule has 0 saturated heterocycles. The van der Waals surface area contributed by atoms with E-state index in [1.807, 2.05) is 18.7 Å². The Labute approximate surface area is 82.7 Å². The summed E-state index contributed by atoms with van der Waals surface area (Å²) in [6.45, 7) is 5.60. The van der Waals surface area contributed by atoms with Crippen molar-refractivity contribution in [2.75, 3.05) is 25.1 Å². The minimum absolute atomic E-state index is 0.246. The molecule has 0 aliphatic heterocycles. The maximum absolute atomic E-state index is 11.4. The maximum Gasteiger partial charge on any atom is 0.295 e. The highest BCUT2D eigenvalue weighted by Gasteiger charge is 2.13. The third kappa shape index (κ3) is 1.86. The molecule has 5 heteroatoms. The standard InChI is InChI=1S/C9H15N3O2/c1-4-12(5-2)8-7(14-3)9(13)11-6-10-8/h6H,4-5H2,1-3H3,(H,10,11,13). The second kappa shape index (κ2) is 4.64. The predicted molar refractivity (Wildman–Crippen MR) is 55.0 cm³/mol. The smallest absolute Gasteiger partial charge is 0.295 e. The Morgan fingerprint density at radius 1 is 1.50 bits per heavy atom. The number of hydrogen-bond donors (Lipinski definition) is 1. The van der Waals surface area contributed by atoms with Gasteiger partial charge in [-0.2, -0.15) is 0 Å². The third-order valence-corrected chi connectivity index (χ3v) is 2.06. The fraction of sp³-hybridized carbons (Fsp3) is 0.556. The molecule has 5 nitrogen and oxygen atoms in total. The summed E-state index contributed by atoms with van der Waals surface area (Å²) in [5, 5.41) is 0. The maximum atomic E-state index is 11.4. The highest BCUT2D eigenvalue weighted by atomic mass is 16.5. The van der Waals surface area contributed by atoms with Gasteiger partial charge in [0, 0.05) is 13.1 Å². The first-order valence-corrected chi connectivity index (χ1v) is 4.61. The molecule has 1 N–H and O–H groups in total. The molecule has 0 aliphatic rings. The summed E-state index contributed by atoms with van der Waals surface area (Å²) in [6, 6.07) is 0. The Bertz CT molecular complexity index is 344. The van der Waals surface area contributed by atoms with E-state index in [-0.39, 0.29) is 11.3 Å². The average molecular weight is 197 g/mol. The molecule has 0 aromatic carbocycles. The zero-order valence-electron chi connectivity index (χ0n) is 8.70. The molecule has 0 atom stereocenters. The number of aromatic amines is 1. The molecule has 14 heavy (non-hydrogen) atoms. The number of nitrogens with one attached hydrogen (secondary N) is 1. The van der Waals surface area contributed by atoms with Crippen molar-refractivity contribution in [3.05, 3.63) is 16.7 Å². The van der Waals surface area contributed by atoms with E-state index in [9.17, 15) is 4.79 Å². The van der Waals surface area contributed by atoms with Crippen LogP contribution in [0.5, 0.6) is 5.75 Å². The van der Waals surface area contributed by atoms with Gasteiger partial charge in [0.25, 0.3) is 5.56 Å². The van der Waals surface area contributed by atoms with Gasteiger partial charge in [-0.1, -0.05) is 0 Å². The highest BCUT2D eigenvalue weighted by molar-refractivity contribution is 5.50. The summed E-state index contributed by atoms with van der Waals surface area (Å²) in [5.41, 5.74) is -0.246. The van der Waals surface area contributed by atoms with Crippen LogP contribution in [0.3, 0.4) is 0 Å². The lowest BCUT2D eigenvalue weighted by Crippen LogP contribution is -2.26. The minimum atomic E-state index is -0.246. The highest BCUT2D eigenvalue weighted by Crippen LogP contribution is 2.19. The Morgan fingerprint density at radius 2 is 2.14 bits per heavy atom. The van der Waals surface area contributed by atoms with Gasteiger partial charge in [0.05, 0.1) is 13.4 Å². The van der Waals surface area contributed by atoms with Crippen molar-refractivity contribution in [3.8, 4) is 5.75 Å². The molecule has 0 amide bonds. The van der Waals surface area contributed by atoms with E-state index >= 15 is 0 Å². The first-order valence-electron chi connectivity index (χ1n) is 4.61. The lowest BCUT2D eigenvalue weighted by atomic mass is 10.4. The van der Waals surface area contributed by atoms with Gasteiger partial charge >= 0.3 is 0 Å². The number of anilines is 1. The van der Waals surface area contributed by atoms with E-state index in [1.165, 1.54) is 13.4 Å². The third-order valence-electron chi connectivity index (χ3n) is 2.06. The summed E-state index contributed by atoms with van der Waals surface area (Å²) >= 11 is 0. The van der Waals surface area contributed by atoms with Gasteiger partial charge in [-0.05, 0) is 13.8 Å². The van der Waals surface area contributed by atoms with Crippen LogP contribution in [-0.4, -0.2) is 30.2 Å². The number of rotatable bonds is 4. The van der Waals surface area contributed by atoms with Gasteiger partial charge in [0.1, 0.15) is 0 Å². The Hall–Kier alpha value is -1.52. The zero-order chi connectivity index (χ0) is 10.6. The van der Waals surface area contributed by atoms with Gasteiger partial charge in [0.2, 0.25) is 5.75 Å². The molecule has 1 rings (SSSR count). The summed E-state index contributed by atoms with van der Waals surface area (Å²) in [5.74, 6) is 0.873. The number of methoxy groups -OCH3 is 1. The average Bonchev–Trinajstić information content (AvgIpc) is 2.20. The SMILES string of the molecule is CCN(CC)c1nc[nH]c(=O)c1OC. The molecule has 0 radical (unpaired) electrons. The van der Waals surface area contributed by atoms with Crippen molar-refractivity contribution in [1.29, 1.82) is 0 Å². The zero-order valence-corrected chi connectivity index (χ0v) is 8.70. The summed E-state index contributed by atoms with van der Waals surface area (Å²) in [4.78, 5) is 19.9. The lowest BCUT2D eigenvalue weighted by Gasteiger charge is -2.20. The second-order valence-electron chi connectivity index (χ2n) is 2.76. The minimum Gasteiger partial charge on any atom is -0.489 e. The van der Waals surface area contributed by atoms with Gasteiger partial charge in [0.15, 0.2) is 5.82 Å². The molecule has 78 valence electrons. The molecule has 0 saturated carbocycles. The van der Waals surface area contributed by atoms with E-state index in [0.29, 0.717) is 5.82 Å². The fourth-order valence-corrected chi connectivity index (χ4v) is 1.31. The Kier molecular flexibility index (Phi) is 3.50. The van der Waals surface area contributed by atoms with Gasteiger partial charge in [-0.3, -0.25) is 4.79 Å². The van der Waals surface area contributed by atoms with Crippen molar-refractivity contribution in [1.82, 2.24) is 9.97 Å². The van der Waals surface area contributed by atoms with Crippen LogP contribution in [0, 0.1) is 0 Å². The van der Waals surface area contributed by atoms with Crippen molar-refractivity contribution < 1.29 is 4.74 Å². The first kappa shape index (κ1) is 10.6. The number of nitrogens with zero attached hydrogens (tertiary/aromatic N) is 2. The normalized spacial score (nSPS) is 9.93. The number of hydrogen-bond acceptors (Lipinski definition) is 4. The Morgan fingerprint density at radius 3 is 2.64 bits per heavy atom. The van der Waals surface area contributed by atoms with Crippen molar-refractivity contribution in [3.63, 3.8) is 0 Å². The van der Waals surface area contributed by atoms with Gasteiger partial charge in [-0.15, -0.1) is 0 Å². The van der Waals surface area contributed by atoms with E-state index in [0.717, 1.165) is 13.1 Å². The van der Waals surface area contributed by atoms with Crippen molar-refractivity contribution in [2.45, 2.75) is 13.8 Å². The monoisotopic (exact) mass is 197 g/mol. The molecule has 0 spiro atoms. The molecule has 1 aromatic rings. The number of ether oxygens (including phenoxy) is 1. The van der Waals surface area contributed by atoms with Crippen molar-refractivity contribution >= 4 is 5.82 Å². The molecular weight excluding hydrogens is 182 g/mol. The van der Waals surface area contributed by atoms with Crippen LogP contribution in [0.1, 0.15) is 13.8 Å². The fourth-order valence-electron chi connectivity index (χ4n) is 1.31. The largest absolute Gasteiger partial charge is 0.489 e. The lowest BCUT2D eigenvalue weighted by molar-refractivity contribution is 0.405. The van der Waals surface area contributed by atoms with Crippen LogP contribution in [0.2, 0.25) is 0 Å². The summed E-state index contributed by atoms with van der Waals surface area (Å²) in [7, 11) is 1.47. The quantitative estimate of drug-likeness (QED) is 0.769.